The number of nitro groups is 1. The van der Waals surface area contributed by atoms with Crippen LogP contribution in [0.1, 0.15) is 24.8 Å². The molecule has 1 aliphatic heterocycles. The highest BCUT2D eigenvalue weighted by Crippen LogP contribution is 2.43. The molecule has 1 N–H and O–H groups in total. The number of ether oxygens (including phenoxy) is 2. The van der Waals surface area contributed by atoms with Crippen LogP contribution in [0.25, 0.3) is 0 Å². The molecule has 2 atom stereocenters. The van der Waals surface area contributed by atoms with Crippen molar-refractivity contribution in [2.24, 2.45) is 0 Å². The Balaban J connectivity index is 1.39. The monoisotopic (exact) mass is 664 g/mol. The van der Waals surface area contributed by atoms with Crippen LogP contribution in [0.4, 0.5) is 5.95 Å². The molecule has 2 heterocycles. The molecular formula is C25H38B10N4O8S. The molecule has 0 bridgehead atoms. The van der Waals surface area contributed by atoms with Gasteiger partial charge in [0.25, 0.3) is 10.1 Å². The fourth-order valence-electron chi connectivity index (χ4n) is 5.88. The first kappa shape index (κ1) is 40.7. The molecule has 2 aromatic rings. The predicted octanol–water partition coefficient (Wildman–Crippen LogP) is -1.13. The second-order valence-electron chi connectivity index (χ2n) is 12.4. The van der Waals surface area contributed by atoms with Crippen LogP contribution in [0.5, 0.6) is 0 Å². The van der Waals surface area contributed by atoms with Gasteiger partial charge in [-0.25, -0.2) is 4.57 Å². The fourth-order valence-corrected chi connectivity index (χ4v) is 6.78. The summed E-state index contributed by atoms with van der Waals surface area (Å²) in [5.74, 6) is 0.124. The van der Waals surface area contributed by atoms with Crippen molar-refractivity contribution in [2.45, 2.75) is 55.9 Å². The second kappa shape index (κ2) is 20.2. The third-order valence-electron chi connectivity index (χ3n) is 8.54. The van der Waals surface area contributed by atoms with E-state index in [-0.39, 0.29) is 56.7 Å². The molecule has 242 valence electrons. The van der Waals surface area contributed by atoms with E-state index in [0.717, 1.165) is 31.1 Å². The number of hydrogen-bond donors (Lipinski definition) is 1. The van der Waals surface area contributed by atoms with Crippen molar-refractivity contribution in [1.29, 1.82) is 0 Å². The first-order valence-electron chi connectivity index (χ1n) is 16.3. The van der Waals surface area contributed by atoms with Crippen LogP contribution >= 0.6 is 0 Å². The van der Waals surface area contributed by atoms with Gasteiger partial charge in [-0.2, -0.15) is 8.42 Å². The molecule has 0 spiro atoms. The van der Waals surface area contributed by atoms with Gasteiger partial charge in [0.2, 0.25) is 0 Å². The normalized spacial score (nSPS) is 15.0. The molecule has 48 heavy (non-hydrogen) atoms. The van der Waals surface area contributed by atoms with Gasteiger partial charge in [-0.1, -0.05) is 47.7 Å². The fraction of sp³-hybridized carbons (Fsp3) is 0.640. The number of rotatable bonds is 25. The summed E-state index contributed by atoms with van der Waals surface area (Å²) in [5.41, 5.74) is 0.947. The van der Waals surface area contributed by atoms with E-state index in [1.807, 2.05) is 6.92 Å². The zero-order valence-electron chi connectivity index (χ0n) is 27.6. The van der Waals surface area contributed by atoms with Gasteiger partial charge in [0.05, 0.1) is 57.2 Å². The summed E-state index contributed by atoms with van der Waals surface area (Å²) >= 11 is 0. The molecule has 10 radical (unpaired) electrons. The Hall–Kier alpha value is -1.77. The summed E-state index contributed by atoms with van der Waals surface area (Å²) in [6.45, 7) is 4.50. The third kappa shape index (κ3) is 13.5. The molecule has 1 saturated heterocycles. The van der Waals surface area contributed by atoms with Gasteiger partial charge in [0, 0.05) is 77.3 Å². The number of imidazole rings is 1. The summed E-state index contributed by atoms with van der Waals surface area (Å²) in [7, 11) is 25.9. The highest BCUT2D eigenvalue weighted by atomic mass is 32.2. The minimum Gasteiger partial charge on any atom is -0.390 e. The average molecular weight is 663 g/mol. The van der Waals surface area contributed by atoms with Crippen molar-refractivity contribution in [3.8, 4) is 0 Å². The molecule has 0 aliphatic carbocycles. The van der Waals surface area contributed by atoms with Gasteiger partial charge in [0.15, 0.2) is 0 Å². The van der Waals surface area contributed by atoms with E-state index in [1.165, 1.54) is 29.1 Å². The summed E-state index contributed by atoms with van der Waals surface area (Å²) in [4.78, 5) is 16.5. The first-order chi connectivity index (χ1) is 22.8. The molecule has 12 nitrogen and oxygen atoms in total. The van der Waals surface area contributed by atoms with Crippen LogP contribution in [0.2, 0.25) is 12.1 Å². The lowest BCUT2D eigenvalue weighted by molar-refractivity contribution is -0.397. The summed E-state index contributed by atoms with van der Waals surface area (Å²) in [6.07, 6.45) is 3.77. The Morgan fingerprint density at radius 3 is 2.38 bits per heavy atom. The molecule has 0 saturated carbocycles. The Morgan fingerprint density at radius 1 is 1.06 bits per heavy atom. The first-order valence-corrected chi connectivity index (χ1v) is 17.7. The van der Waals surface area contributed by atoms with Crippen LogP contribution in [-0.2, 0) is 30.3 Å². The second-order valence-corrected chi connectivity index (χ2v) is 14.0. The Bertz CT molecular complexity index is 1360. The zero-order valence-corrected chi connectivity index (χ0v) is 28.4. The molecule has 1 aromatic heterocycles. The molecule has 23 heteroatoms. The largest absolute Gasteiger partial charge is 0.434 e. The summed E-state index contributed by atoms with van der Waals surface area (Å²) in [5, 5.41) is 22.0. The van der Waals surface area contributed by atoms with Crippen molar-refractivity contribution in [3.05, 3.63) is 52.3 Å². The molecule has 3 rings (SSSR count). The highest BCUT2D eigenvalue weighted by molar-refractivity contribution is 8.01. The van der Waals surface area contributed by atoms with E-state index < -0.39 is 40.3 Å². The number of aryl methyl sites for hydroxylation is 1. The average Bonchev–Trinajstić information content (AvgIpc) is 3.61. The third-order valence-corrected chi connectivity index (χ3v) is 9.86. The number of nitrogens with zero attached hydrogens (tertiary/aromatic N) is 4. The van der Waals surface area contributed by atoms with Gasteiger partial charge in [-0.3, -0.25) is 9.08 Å². The Labute approximate surface area is 293 Å². The topological polar surface area (TPSA) is 146 Å². The standard InChI is InChI=1S/C25H38B10N4O8S/c1-21-5-7-24(8-6-21)48(43,44)47-17-16-46-15-14-45-13-12-37(19-23(40)20-38-11-9-36-25(38)39(41)42)10-3-2-4-22-18-31(22)35(33(28)29)34(30)32(26)27/h5-9,11,22-23,40H,2-4,10,12-20H2,1H3. The summed E-state index contributed by atoms with van der Waals surface area (Å²) < 4.78 is 42.0. The van der Waals surface area contributed by atoms with Crippen LogP contribution in [0.15, 0.2) is 41.6 Å². The van der Waals surface area contributed by atoms with Gasteiger partial charge >= 0.3 is 5.95 Å². The molecule has 1 aliphatic rings. The lowest BCUT2D eigenvalue weighted by Crippen LogP contribution is -2.63. The van der Waals surface area contributed by atoms with Gasteiger partial charge in [0.1, 0.15) is 12.4 Å². The van der Waals surface area contributed by atoms with Crippen LogP contribution in [-0.4, -0.2) is 163 Å². The lowest BCUT2D eigenvalue weighted by atomic mass is 8.57. The Kier molecular flexibility index (Phi) is 17.1. The predicted molar refractivity (Wildman–Crippen MR) is 197 cm³/mol. The maximum atomic E-state index is 12.3. The quantitative estimate of drug-likeness (QED) is 0.0456. The number of aliphatic hydroxyl groups excluding tert-OH is 1. The number of aromatic nitrogens is 2. The Morgan fingerprint density at radius 2 is 1.73 bits per heavy atom. The highest BCUT2D eigenvalue weighted by Gasteiger charge is 2.49. The maximum Gasteiger partial charge on any atom is 0.434 e. The van der Waals surface area contributed by atoms with Crippen LogP contribution in [0, 0.1) is 17.0 Å². The van der Waals surface area contributed by atoms with Crippen LogP contribution < -0.4 is 0 Å². The number of aliphatic hydroxyl groups is 1. The van der Waals surface area contributed by atoms with E-state index in [2.05, 4.69) is 9.88 Å². The minimum atomic E-state index is -3.85. The number of unbranched alkanes of at least 4 members (excludes halogenated alkanes) is 1. The van der Waals surface area contributed by atoms with Crippen molar-refractivity contribution < 1.29 is 32.1 Å². The van der Waals surface area contributed by atoms with E-state index >= 15 is 0 Å². The van der Waals surface area contributed by atoms with E-state index in [0.29, 0.717) is 32.1 Å². The maximum absolute atomic E-state index is 12.3. The van der Waals surface area contributed by atoms with Crippen molar-refractivity contribution in [3.63, 3.8) is 0 Å². The van der Waals surface area contributed by atoms with Gasteiger partial charge in [-0.05, 0) is 36.9 Å². The van der Waals surface area contributed by atoms with Gasteiger partial charge in [-0.15, -0.1) is 0 Å². The molecule has 2 unspecified atom stereocenters. The number of hydrogen-bond acceptors (Lipinski definition) is 10. The van der Waals surface area contributed by atoms with E-state index in [4.69, 9.17) is 52.3 Å². The van der Waals surface area contributed by atoms with Crippen molar-refractivity contribution >= 4 is 86.9 Å². The van der Waals surface area contributed by atoms with E-state index in [9.17, 15) is 23.6 Å². The minimum absolute atomic E-state index is 0.0250. The lowest BCUT2D eigenvalue weighted by Gasteiger charge is -2.26. The zero-order chi connectivity index (χ0) is 35.3. The molecule has 1 aromatic carbocycles. The smallest absolute Gasteiger partial charge is 0.390 e. The summed E-state index contributed by atoms with van der Waals surface area (Å²) in [6, 6.07) is 6.40. The van der Waals surface area contributed by atoms with Crippen molar-refractivity contribution in [1.82, 2.24) is 14.5 Å². The number of benzene rings is 1. The van der Waals surface area contributed by atoms with Crippen LogP contribution in [0.3, 0.4) is 0 Å². The molecule has 1 fully saturated rings. The van der Waals surface area contributed by atoms with E-state index in [1.54, 1.807) is 12.1 Å². The van der Waals surface area contributed by atoms with Gasteiger partial charge < -0.3 is 24.7 Å². The molecular weight excluding hydrogens is 624 g/mol. The SMILES string of the molecule is [B]B([B])B([B])B(B([B])[B])B1CC1CCCCN(CCOCCOCCOS(=O)(=O)c1ccc(C)cc1)CC(O)Cn1ccnc1[N+](=O)[O-]. The molecule has 0 amide bonds. The van der Waals surface area contributed by atoms with Crippen molar-refractivity contribution in [2.75, 3.05) is 52.7 Å².